The molecule has 1 aromatic carbocycles. The number of nitrogens with one attached hydrogen (secondary N) is 1. The number of hydrogen-bond acceptors (Lipinski definition) is 5. The van der Waals surface area contributed by atoms with E-state index >= 15 is 0 Å². The number of aromatic nitrogens is 2. The van der Waals surface area contributed by atoms with Crippen molar-refractivity contribution in [2.45, 2.75) is 31.7 Å². The first-order chi connectivity index (χ1) is 9.83. The minimum Gasteiger partial charge on any atom is -0.497 e. The first-order valence-electron chi connectivity index (χ1n) is 7.01. The van der Waals surface area contributed by atoms with Gasteiger partial charge in [-0.25, -0.2) is 0 Å². The Morgan fingerprint density at radius 2 is 1.95 bits per heavy atom. The number of methoxy groups -OCH3 is 1. The van der Waals surface area contributed by atoms with Crippen LogP contribution < -0.4 is 10.1 Å². The van der Waals surface area contributed by atoms with E-state index in [0.717, 1.165) is 41.2 Å². The third-order valence-corrected chi connectivity index (χ3v) is 4.36. The van der Waals surface area contributed by atoms with Gasteiger partial charge in [0.2, 0.25) is 0 Å². The van der Waals surface area contributed by atoms with E-state index in [1.807, 2.05) is 12.1 Å². The molecule has 1 fully saturated rings. The highest BCUT2D eigenvalue weighted by Gasteiger charge is 2.19. The maximum absolute atomic E-state index is 5.16. The highest BCUT2D eigenvalue weighted by atomic mass is 32.1. The smallest absolute Gasteiger partial charge is 0.121 e. The minimum absolute atomic E-state index is 0.765. The summed E-state index contributed by atoms with van der Waals surface area (Å²) in [6.07, 6.45) is 4.49. The van der Waals surface area contributed by atoms with Crippen LogP contribution in [-0.4, -0.2) is 29.9 Å². The van der Waals surface area contributed by atoms with Crippen molar-refractivity contribution in [2.75, 3.05) is 13.7 Å². The standard InChI is InChI=1S/C15H19N3OS/c1-19-13-6-2-11(3-7-13)10-15-18-17-14(20-15)8-9-16-12-4-5-12/h2-3,6-7,12,16H,4-5,8-10H2,1H3. The fourth-order valence-electron chi connectivity index (χ4n) is 2.05. The van der Waals surface area contributed by atoms with Crippen molar-refractivity contribution in [1.29, 1.82) is 0 Å². The minimum atomic E-state index is 0.765. The third kappa shape index (κ3) is 3.77. The molecule has 0 amide bonds. The maximum Gasteiger partial charge on any atom is 0.121 e. The Kier molecular flexibility index (Phi) is 4.28. The summed E-state index contributed by atoms with van der Waals surface area (Å²) in [5.74, 6) is 0.887. The molecule has 1 aliphatic carbocycles. The van der Waals surface area contributed by atoms with Crippen molar-refractivity contribution in [3.8, 4) is 5.75 Å². The highest BCUT2D eigenvalue weighted by molar-refractivity contribution is 7.11. The fraction of sp³-hybridized carbons (Fsp3) is 0.467. The molecule has 1 saturated carbocycles. The van der Waals surface area contributed by atoms with Gasteiger partial charge in [-0.05, 0) is 30.5 Å². The van der Waals surface area contributed by atoms with Crippen LogP contribution in [0.2, 0.25) is 0 Å². The first-order valence-corrected chi connectivity index (χ1v) is 7.83. The molecule has 5 heteroatoms. The monoisotopic (exact) mass is 289 g/mol. The molecule has 0 radical (unpaired) electrons. The molecule has 1 aliphatic rings. The second kappa shape index (κ2) is 6.33. The van der Waals surface area contributed by atoms with Crippen molar-refractivity contribution < 1.29 is 4.74 Å². The molecule has 106 valence electrons. The van der Waals surface area contributed by atoms with E-state index in [1.54, 1.807) is 18.4 Å². The highest BCUT2D eigenvalue weighted by Crippen LogP contribution is 2.20. The van der Waals surface area contributed by atoms with Gasteiger partial charge in [-0.2, -0.15) is 0 Å². The molecule has 20 heavy (non-hydrogen) atoms. The Hall–Kier alpha value is -1.46. The Bertz CT molecular complexity index is 549. The summed E-state index contributed by atoms with van der Waals surface area (Å²) < 4.78 is 5.16. The molecule has 1 aromatic heterocycles. The van der Waals surface area contributed by atoms with Crippen molar-refractivity contribution in [3.05, 3.63) is 39.8 Å². The Morgan fingerprint density at radius 1 is 1.20 bits per heavy atom. The predicted molar refractivity (Wildman–Crippen MR) is 80.4 cm³/mol. The molecule has 3 rings (SSSR count). The molecule has 1 heterocycles. The summed E-state index contributed by atoms with van der Waals surface area (Å²) in [6.45, 7) is 1.02. The van der Waals surface area contributed by atoms with Crippen LogP contribution in [0.1, 0.15) is 28.4 Å². The van der Waals surface area contributed by atoms with Crippen molar-refractivity contribution in [1.82, 2.24) is 15.5 Å². The third-order valence-electron chi connectivity index (χ3n) is 3.37. The van der Waals surface area contributed by atoms with Crippen molar-refractivity contribution in [3.63, 3.8) is 0 Å². The molecular weight excluding hydrogens is 270 g/mol. The summed E-state index contributed by atoms with van der Waals surface area (Å²) in [5.41, 5.74) is 1.24. The second-order valence-electron chi connectivity index (χ2n) is 5.09. The number of nitrogens with zero attached hydrogens (tertiary/aromatic N) is 2. The van der Waals surface area contributed by atoms with E-state index < -0.39 is 0 Å². The van der Waals surface area contributed by atoms with Gasteiger partial charge in [0.1, 0.15) is 15.8 Å². The lowest BCUT2D eigenvalue weighted by atomic mass is 10.1. The van der Waals surface area contributed by atoms with Gasteiger partial charge in [0.25, 0.3) is 0 Å². The van der Waals surface area contributed by atoms with E-state index in [-0.39, 0.29) is 0 Å². The Labute approximate surface area is 123 Å². The van der Waals surface area contributed by atoms with Crippen LogP contribution in [0.5, 0.6) is 5.75 Å². The van der Waals surface area contributed by atoms with Crippen LogP contribution in [-0.2, 0) is 12.8 Å². The topological polar surface area (TPSA) is 47.0 Å². The van der Waals surface area contributed by atoms with E-state index in [0.29, 0.717) is 0 Å². The van der Waals surface area contributed by atoms with Gasteiger partial charge >= 0.3 is 0 Å². The molecule has 0 unspecified atom stereocenters. The maximum atomic E-state index is 5.16. The van der Waals surface area contributed by atoms with Gasteiger partial charge in [0.15, 0.2) is 0 Å². The zero-order valence-corrected chi connectivity index (χ0v) is 12.4. The molecule has 0 saturated heterocycles. The lowest BCUT2D eigenvalue weighted by Crippen LogP contribution is -2.19. The summed E-state index contributed by atoms with van der Waals surface area (Å²) in [5, 5.41) is 14.3. The van der Waals surface area contributed by atoms with Crippen LogP contribution in [0.3, 0.4) is 0 Å². The zero-order valence-electron chi connectivity index (χ0n) is 11.6. The lowest BCUT2D eigenvalue weighted by molar-refractivity contribution is 0.414. The normalized spacial score (nSPS) is 14.4. The molecule has 0 atom stereocenters. The van der Waals surface area contributed by atoms with Crippen molar-refractivity contribution >= 4 is 11.3 Å². The van der Waals surface area contributed by atoms with E-state index in [4.69, 9.17) is 4.74 Å². The van der Waals surface area contributed by atoms with Crippen LogP contribution in [0.4, 0.5) is 0 Å². The number of hydrogen-bond donors (Lipinski definition) is 1. The van der Waals surface area contributed by atoms with E-state index in [9.17, 15) is 0 Å². The molecule has 0 bridgehead atoms. The summed E-state index contributed by atoms with van der Waals surface area (Å²) in [7, 11) is 1.68. The largest absolute Gasteiger partial charge is 0.497 e. The SMILES string of the molecule is COc1ccc(Cc2nnc(CCNC3CC3)s2)cc1. The van der Waals surface area contributed by atoms with E-state index in [1.165, 1.54) is 18.4 Å². The Morgan fingerprint density at radius 3 is 2.65 bits per heavy atom. The average molecular weight is 289 g/mol. The molecular formula is C15H19N3OS. The van der Waals surface area contributed by atoms with Crippen molar-refractivity contribution in [2.24, 2.45) is 0 Å². The molecule has 4 nitrogen and oxygen atoms in total. The van der Waals surface area contributed by atoms with Gasteiger partial charge in [-0.3, -0.25) is 0 Å². The van der Waals surface area contributed by atoms with Gasteiger partial charge < -0.3 is 10.1 Å². The average Bonchev–Trinajstić information content (AvgIpc) is 3.19. The quantitative estimate of drug-likeness (QED) is 0.850. The van der Waals surface area contributed by atoms with Gasteiger partial charge in [-0.1, -0.05) is 12.1 Å². The molecule has 1 N–H and O–H groups in total. The van der Waals surface area contributed by atoms with Crippen LogP contribution in [0.15, 0.2) is 24.3 Å². The summed E-state index contributed by atoms with van der Waals surface area (Å²) >= 11 is 1.72. The van der Waals surface area contributed by atoms with Gasteiger partial charge in [0.05, 0.1) is 7.11 Å². The van der Waals surface area contributed by atoms with Gasteiger partial charge in [0, 0.05) is 25.4 Å². The second-order valence-corrected chi connectivity index (χ2v) is 6.24. The van der Waals surface area contributed by atoms with Crippen LogP contribution >= 0.6 is 11.3 Å². The first kappa shape index (κ1) is 13.5. The fourth-order valence-corrected chi connectivity index (χ4v) is 2.93. The summed E-state index contributed by atoms with van der Waals surface area (Å²) in [6, 6.07) is 8.89. The summed E-state index contributed by atoms with van der Waals surface area (Å²) in [4.78, 5) is 0. The molecule has 0 spiro atoms. The number of rotatable bonds is 7. The number of benzene rings is 1. The number of ether oxygens (including phenoxy) is 1. The molecule has 2 aromatic rings. The molecule has 0 aliphatic heterocycles. The van der Waals surface area contributed by atoms with Gasteiger partial charge in [-0.15, -0.1) is 21.5 Å². The van der Waals surface area contributed by atoms with Crippen LogP contribution in [0.25, 0.3) is 0 Å². The Balaban J connectivity index is 1.52. The van der Waals surface area contributed by atoms with Crippen LogP contribution in [0, 0.1) is 0 Å². The zero-order chi connectivity index (χ0) is 13.8. The lowest BCUT2D eigenvalue weighted by Gasteiger charge is -2.01. The predicted octanol–water partition coefficient (Wildman–Crippen LogP) is 2.43. The van der Waals surface area contributed by atoms with E-state index in [2.05, 4.69) is 27.6 Å².